The Bertz CT molecular complexity index is 782. The first-order chi connectivity index (χ1) is 9.54. The summed E-state index contributed by atoms with van der Waals surface area (Å²) in [6, 6.07) is 9.56. The zero-order valence-corrected chi connectivity index (χ0v) is 13.3. The Morgan fingerprint density at radius 2 is 1.95 bits per heavy atom. The van der Waals surface area contributed by atoms with Crippen molar-refractivity contribution in [2.75, 3.05) is 19.0 Å². The number of aromatic amines is 1. The number of halogens is 2. The molecule has 0 amide bonds. The van der Waals surface area contributed by atoms with Crippen LogP contribution in [0.2, 0.25) is 5.02 Å². The van der Waals surface area contributed by atoms with Gasteiger partial charge in [-0.15, -0.1) is 0 Å². The van der Waals surface area contributed by atoms with Crippen molar-refractivity contribution in [2.45, 2.75) is 0 Å². The van der Waals surface area contributed by atoms with Crippen LogP contribution >= 0.6 is 27.5 Å². The molecule has 0 aliphatic heterocycles. The SMILES string of the molecule is CN(C)c1ccc2[nH]c(-c3ccc(Cl)cc3Br)nc2n1. The Hall–Kier alpha value is -1.59. The quantitative estimate of drug-likeness (QED) is 0.756. The highest BCUT2D eigenvalue weighted by Gasteiger charge is 2.10. The number of H-pyrrole nitrogens is 1. The molecule has 0 aliphatic carbocycles. The number of rotatable bonds is 2. The highest BCUT2D eigenvalue weighted by Crippen LogP contribution is 2.30. The molecule has 2 heterocycles. The molecule has 0 saturated heterocycles. The molecular weight excluding hydrogens is 340 g/mol. The van der Waals surface area contributed by atoms with E-state index in [9.17, 15) is 0 Å². The Morgan fingerprint density at radius 1 is 1.15 bits per heavy atom. The lowest BCUT2D eigenvalue weighted by atomic mass is 10.2. The van der Waals surface area contributed by atoms with Crippen LogP contribution < -0.4 is 4.90 Å². The molecule has 0 unspecified atom stereocenters. The summed E-state index contributed by atoms with van der Waals surface area (Å²) in [6.45, 7) is 0. The summed E-state index contributed by atoms with van der Waals surface area (Å²) in [5.74, 6) is 1.65. The fourth-order valence-electron chi connectivity index (χ4n) is 1.94. The van der Waals surface area contributed by atoms with Gasteiger partial charge >= 0.3 is 0 Å². The molecule has 0 saturated carbocycles. The Balaban J connectivity index is 2.13. The molecule has 0 radical (unpaired) electrons. The summed E-state index contributed by atoms with van der Waals surface area (Å²) >= 11 is 9.47. The second-order valence-electron chi connectivity index (χ2n) is 4.64. The molecule has 3 rings (SSSR count). The molecule has 2 aromatic heterocycles. The van der Waals surface area contributed by atoms with Gasteiger partial charge in [-0.25, -0.2) is 9.97 Å². The summed E-state index contributed by atoms with van der Waals surface area (Å²) in [5.41, 5.74) is 2.57. The van der Waals surface area contributed by atoms with Crippen LogP contribution in [0.3, 0.4) is 0 Å². The fourth-order valence-corrected chi connectivity index (χ4v) is 2.81. The van der Waals surface area contributed by atoms with Crippen LogP contribution in [0.5, 0.6) is 0 Å². The maximum Gasteiger partial charge on any atom is 0.180 e. The lowest BCUT2D eigenvalue weighted by Crippen LogP contribution is -2.10. The molecule has 1 aromatic carbocycles. The molecule has 0 fully saturated rings. The molecule has 1 N–H and O–H groups in total. The van der Waals surface area contributed by atoms with E-state index in [1.165, 1.54) is 0 Å². The third-order valence-electron chi connectivity index (χ3n) is 2.98. The molecule has 20 heavy (non-hydrogen) atoms. The number of nitrogens with zero attached hydrogens (tertiary/aromatic N) is 3. The van der Waals surface area contributed by atoms with Crippen LogP contribution in [0.15, 0.2) is 34.8 Å². The first-order valence-electron chi connectivity index (χ1n) is 6.04. The van der Waals surface area contributed by atoms with E-state index in [1.807, 2.05) is 49.3 Å². The van der Waals surface area contributed by atoms with Crippen LogP contribution in [-0.2, 0) is 0 Å². The van der Waals surface area contributed by atoms with Gasteiger partial charge in [0.15, 0.2) is 5.65 Å². The van der Waals surface area contributed by atoms with E-state index in [0.29, 0.717) is 10.7 Å². The zero-order chi connectivity index (χ0) is 14.3. The van der Waals surface area contributed by atoms with E-state index < -0.39 is 0 Å². The number of benzene rings is 1. The molecule has 6 heteroatoms. The Kier molecular flexibility index (Phi) is 3.40. The minimum Gasteiger partial charge on any atom is -0.363 e. The van der Waals surface area contributed by atoms with Crippen molar-refractivity contribution in [3.05, 3.63) is 39.8 Å². The van der Waals surface area contributed by atoms with Crippen molar-refractivity contribution in [3.63, 3.8) is 0 Å². The maximum absolute atomic E-state index is 5.96. The van der Waals surface area contributed by atoms with Crippen molar-refractivity contribution in [1.82, 2.24) is 15.0 Å². The average Bonchev–Trinajstić information content (AvgIpc) is 2.80. The number of nitrogens with one attached hydrogen (secondary N) is 1. The van der Waals surface area contributed by atoms with Crippen molar-refractivity contribution in [3.8, 4) is 11.4 Å². The largest absolute Gasteiger partial charge is 0.363 e. The highest BCUT2D eigenvalue weighted by molar-refractivity contribution is 9.10. The van der Waals surface area contributed by atoms with Gasteiger partial charge in [0.05, 0.1) is 5.52 Å². The van der Waals surface area contributed by atoms with Crippen LogP contribution in [0.25, 0.3) is 22.6 Å². The number of pyridine rings is 1. The molecule has 0 spiro atoms. The van der Waals surface area contributed by atoms with Gasteiger partial charge in [0.1, 0.15) is 11.6 Å². The van der Waals surface area contributed by atoms with Crippen molar-refractivity contribution in [1.29, 1.82) is 0 Å². The van der Waals surface area contributed by atoms with Gasteiger partial charge in [0.2, 0.25) is 0 Å². The molecule has 0 aliphatic rings. The third kappa shape index (κ3) is 2.39. The van der Waals surface area contributed by atoms with Gasteiger partial charge in [0.25, 0.3) is 0 Å². The van der Waals surface area contributed by atoms with E-state index in [1.54, 1.807) is 0 Å². The number of hydrogen-bond acceptors (Lipinski definition) is 3. The third-order valence-corrected chi connectivity index (χ3v) is 3.87. The summed E-state index contributed by atoms with van der Waals surface area (Å²) in [7, 11) is 3.91. The van der Waals surface area contributed by atoms with Gasteiger partial charge < -0.3 is 9.88 Å². The van der Waals surface area contributed by atoms with E-state index in [2.05, 4.69) is 30.9 Å². The first kappa shape index (κ1) is 13.4. The smallest absolute Gasteiger partial charge is 0.180 e. The number of aromatic nitrogens is 3. The van der Waals surface area contributed by atoms with Gasteiger partial charge in [-0.1, -0.05) is 11.6 Å². The molecule has 0 atom stereocenters. The van der Waals surface area contributed by atoms with E-state index in [4.69, 9.17) is 11.6 Å². The Labute approximate surface area is 129 Å². The van der Waals surface area contributed by atoms with E-state index in [0.717, 1.165) is 27.2 Å². The summed E-state index contributed by atoms with van der Waals surface area (Å²) in [6.07, 6.45) is 0. The topological polar surface area (TPSA) is 44.8 Å². The predicted molar refractivity (Wildman–Crippen MR) is 86.4 cm³/mol. The van der Waals surface area contributed by atoms with Crippen LogP contribution in [0.1, 0.15) is 0 Å². The highest BCUT2D eigenvalue weighted by atomic mass is 79.9. The first-order valence-corrected chi connectivity index (χ1v) is 7.21. The summed E-state index contributed by atoms with van der Waals surface area (Å²) < 4.78 is 0.900. The fraction of sp³-hybridized carbons (Fsp3) is 0.143. The Morgan fingerprint density at radius 3 is 2.65 bits per heavy atom. The van der Waals surface area contributed by atoms with Crippen LogP contribution in [0, 0.1) is 0 Å². The van der Waals surface area contributed by atoms with Crippen LogP contribution in [-0.4, -0.2) is 29.0 Å². The van der Waals surface area contributed by atoms with Crippen molar-refractivity contribution >= 4 is 44.5 Å². The standard InChI is InChI=1S/C14H12BrClN4/c1-20(2)12-6-5-11-14(18-12)19-13(17-11)9-4-3-8(16)7-10(9)15/h3-7H,1-2H3,(H,17,18,19). The van der Waals surface area contributed by atoms with Gasteiger partial charge in [0, 0.05) is 29.2 Å². The normalized spacial score (nSPS) is 11.0. The summed E-state index contributed by atoms with van der Waals surface area (Å²) in [5, 5.41) is 0.685. The maximum atomic E-state index is 5.96. The molecule has 4 nitrogen and oxygen atoms in total. The molecule has 3 aromatic rings. The molecule has 102 valence electrons. The molecular formula is C14H12BrClN4. The van der Waals surface area contributed by atoms with Gasteiger partial charge in [-0.2, -0.15) is 0 Å². The van der Waals surface area contributed by atoms with E-state index >= 15 is 0 Å². The summed E-state index contributed by atoms with van der Waals surface area (Å²) in [4.78, 5) is 14.3. The number of hydrogen-bond donors (Lipinski definition) is 1. The second kappa shape index (κ2) is 5.07. The van der Waals surface area contributed by atoms with Crippen LogP contribution in [0.4, 0.5) is 5.82 Å². The number of anilines is 1. The second-order valence-corrected chi connectivity index (χ2v) is 5.94. The number of imidazole rings is 1. The van der Waals surface area contributed by atoms with E-state index in [-0.39, 0.29) is 0 Å². The lowest BCUT2D eigenvalue weighted by Gasteiger charge is -2.09. The van der Waals surface area contributed by atoms with Gasteiger partial charge in [-0.05, 0) is 46.3 Å². The molecule has 0 bridgehead atoms. The lowest BCUT2D eigenvalue weighted by molar-refractivity contribution is 1.08. The van der Waals surface area contributed by atoms with Crippen molar-refractivity contribution in [2.24, 2.45) is 0 Å². The number of fused-ring (bicyclic) bond motifs is 1. The minimum atomic E-state index is 0.685. The monoisotopic (exact) mass is 350 g/mol. The predicted octanol–water partition coefficient (Wildman–Crippen LogP) is 4.11. The average molecular weight is 352 g/mol. The van der Waals surface area contributed by atoms with Crippen molar-refractivity contribution < 1.29 is 0 Å². The van der Waals surface area contributed by atoms with Gasteiger partial charge in [-0.3, -0.25) is 0 Å². The zero-order valence-electron chi connectivity index (χ0n) is 11.0. The minimum absolute atomic E-state index is 0.685.